The van der Waals surface area contributed by atoms with Gasteiger partial charge in [0.15, 0.2) is 0 Å². The van der Waals surface area contributed by atoms with Gasteiger partial charge in [-0.2, -0.15) is 0 Å². The highest BCUT2D eigenvalue weighted by molar-refractivity contribution is 5.82. The molecule has 0 bridgehead atoms. The minimum Gasteiger partial charge on any atom is -0.465 e. The van der Waals surface area contributed by atoms with Gasteiger partial charge in [-0.15, -0.1) is 0 Å². The maximum atomic E-state index is 12.3. The van der Waals surface area contributed by atoms with E-state index in [4.69, 9.17) is 9.47 Å². The smallest absolute Gasteiger partial charge is 0.329 e. The first-order chi connectivity index (χ1) is 8.42. The number of rotatable bonds is 8. The molecule has 1 aliphatic rings. The van der Waals surface area contributed by atoms with Gasteiger partial charge in [-0.3, -0.25) is 5.32 Å². The molecule has 0 amide bonds. The van der Waals surface area contributed by atoms with Gasteiger partial charge >= 0.3 is 5.97 Å². The molecule has 18 heavy (non-hydrogen) atoms. The number of carbonyl (C=O) groups is 1. The maximum absolute atomic E-state index is 12.3. The van der Waals surface area contributed by atoms with Gasteiger partial charge in [-0.1, -0.05) is 0 Å². The van der Waals surface area contributed by atoms with Crippen LogP contribution in [-0.2, 0) is 14.3 Å². The molecule has 1 fully saturated rings. The van der Waals surface area contributed by atoms with E-state index in [9.17, 15) is 4.79 Å². The van der Waals surface area contributed by atoms with Crippen LogP contribution in [0.4, 0.5) is 0 Å². The van der Waals surface area contributed by atoms with Crippen LogP contribution in [-0.4, -0.2) is 36.9 Å². The van der Waals surface area contributed by atoms with E-state index in [1.165, 1.54) is 0 Å². The number of ether oxygens (including phenoxy) is 2. The van der Waals surface area contributed by atoms with Crippen molar-refractivity contribution in [2.24, 2.45) is 5.92 Å². The monoisotopic (exact) mass is 257 g/mol. The van der Waals surface area contributed by atoms with Crippen molar-refractivity contribution in [1.29, 1.82) is 0 Å². The number of nitrogens with one attached hydrogen (secondary N) is 1. The molecule has 4 nitrogen and oxygen atoms in total. The summed E-state index contributed by atoms with van der Waals surface area (Å²) in [4.78, 5) is 12.3. The zero-order valence-electron chi connectivity index (χ0n) is 12.3. The maximum Gasteiger partial charge on any atom is 0.329 e. The third kappa shape index (κ3) is 3.95. The van der Waals surface area contributed by atoms with E-state index < -0.39 is 5.54 Å². The summed E-state index contributed by atoms with van der Waals surface area (Å²) in [5.74, 6) is 0.180. The van der Waals surface area contributed by atoms with Gasteiger partial charge in [-0.05, 0) is 53.4 Å². The second-order valence-corrected chi connectivity index (χ2v) is 5.62. The lowest BCUT2D eigenvalue weighted by Crippen LogP contribution is -2.60. The van der Waals surface area contributed by atoms with Crippen LogP contribution in [0.1, 0.15) is 47.5 Å². The van der Waals surface area contributed by atoms with Gasteiger partial charge in [0.25, 0.3) is 0 Å². The summed E-state index contributed by atoms with van der Waals surface area (Å²) in [6.07, 6.45) is 2.26. The van der Waals surface area contributed by atoms with Crippen LogP contribution < -0.4 is 5.32 Å². The number of esters is 1. The van der Waals surface area contributed by atoms with E-state index in [1.54, 1.807) is 0 Å². The SMILES string of the molecule is CCOC(=O)C(COC(C)C)(NC(C)C)C1CC1. The second kappa shape index (κ2) is 6.53. The summed E-state index contributed by atoms with van der Waals surface area (Å²) >= 11 is 0. The summed E-state index contributed by atoms with van der Waals surface area (Å²) in [6.45, 7) is 10.7. The Morgan fingerprint density at radius 2 is 1.94 bits per heavy atom. The van der Waals surface area contributed by atoms with Gasteiger partial charge < -0.3 is 9.47 Å². The average Bonchev–Trinajstić information content (AvgIpc) is 3.07. The van der Waals surface area contributed by atoms with Gasteiger partial charge in [0, 0.05) is 6.04 Å². The molecule has 0 aromatic carbocycles. The highest BCUT2D eigenvalue weighted by Gasteiger charge is 2.52. The van der Waals surface area contributed by atoms with Crippen LogP contribution in [0.5, 0.6) is 0 Å². The molecule has 0 saturated heterocycles. The van der Waals surface area contributed by atoms with Crippen molar-refractivity contribution in [2.75, 3.05) is 13.2 Å². The van der Waals surface area contributed by atoms with Crippen molar-refractivity contribution in [3.8, 4) is 0 Å². The van der Waals surface area contributed by atoms with E-state index in [1.807, 2.05) is 34.6 Å². The van der Waals surface area contributed by atoms with Crippen LogP contribution in [0.25, 0.3) is 0 Å². The molecule has 1 saturated carbocycles. The lowest BCUT2D eigenvalue weighted by atomic mass is 9.93. The largest absolute Gasteiger partial charge is 0.465 e. The fourth-order valence-corrected chi connectivity index (χ4v) is 2.21. The Labute approximate surface area is 110 Å². The third-order valence-electron chi connectivity index (χ3n) is 3.10. The van der Waals surface area contributed by atoms with E-state index in [0.29, 0.717) is 19.1 Å². The van der Waals surface area contributed by atoms with Gasteiger partial charge in [0.05, 0.1) is 19.3 Å². The molecule has 0 heterocycles. The third-order valence-corrected chi connectivity index (χ3v) is 3.10. The van der Waals surface area contributed by atoms with Crippen LogP contribution in [0.15, 0.2) is 0 Å². The molecule has 0 aromatic heterocycles. The van der Waals surface area contributed by atoms with Gasteiger partial charge in [0.2, 0.25) is 0 Å². The fraction of sp³-hybridized carbons (Fsp3) is 0.929. The lowest BCUT2D eigenvalue weighted by Gasteiger charge is -2.35. The van der Waals surface area contributed by atoms with Crippen molar-refractivity contribution in [3.05, 3.63) is 0 Å². The van der Waals surface area contributed by atoms with E-state index >= 15 is 0 Å². The molecule has 1 unspecified atom stereocenters. The predicted octanol–water partition coefficient (Wildman–Crippen LogP) is 2.12. The minimum absolute atomic E-state index is 0.117. The average molecular weight is 257 g/mol. The first-order valence-electron chi connectivity index (χ1n) is 6.99. The Balaban J connectivity index is 2.83. The van der Waals surface area contributed by atoms with Crippen LogP contribution >= 0.6 is 0 Å². The summed E-state index contributed by atoms with van der Waals surface area (Å²) in [7, 11) is 0. The fourth-order valence-electron chi connectivity index (χ4n) is 2.21. The zero-order chi connectivity index (χ0) is 13.8. The molecule has 106 valence electrons. The molecule has 1 N–H and O–H groups in total. The summed E-state index contributed by atoms with van der Waals surface area (Å²) < 4.78 is 11.0. The summed E-state index contributed by atoms with van der Waals surface area (Å²) in [5.41, 5.74) is -0.658. The Bertz CT molecular complexity index is 274. The van der Waals surface area contributed by atoms with Crippen molar-refractivity contribution >= 4 is 5.97 Å². The van der Waals surface area contributed by atoms with Gasteiger partial charge in [0.1, 0.15) is 5.54 Å². The number of hydrogen-bond acceptors (Lipinski definition) is 4. The molecule has 0 aromatic rings. The molecular weight excluding hydrogens is 230 g/mol. The highest BCUT2D eigenvalue weighted by Crippen LogP contribution is 2.41. The Kier molecular flexibility index (Phi) is 5.60. The molecule has 1 rings (SSSR count). The molecule has 1 atom stereocenters. The van der Waals surface area contributed by atoms with E-state index in [0.717, 1.165) is 12.8 Å². The Morgan fingerprint density at radius 3 is 2.33 bits per heavy atom. The van der Waals surface area contributed by atoms with Crippen LogP contribution in [0, 0.1) is 5.92 Å². The van der Waals surface area contributed by atoms with Crippen LogP contribution in [0.2, 0.25) is 0 Å². The molecular formula is C14H27NO3. The molecule has 0 radical (unpaired) electrons. The summed E-state index contributed by atoms with van der Waals surface area (Å²) in [6, 6.07) is 0.228. The first kappa shape index (κ1) is 15.4. The van der Waals surface area contributed by atoms with E-state index in [2.05, 4.69) is 5.32 Å². The molecule has 1 aliphatic carbocycles. The zero-order valence-corrected chi connectivity index (χ0v) is 12.3. The van der Waals surface area contributed by atoms with Gasteiger partial charge in [-0.25, -0.2) is 4.79 Å². The Hall–Kier alpha value is -0.610. The van der Waals surface area contributed by atoms with Crippen molar-refractivity contribution in [1.82, 2.24) is 5.32 Å². The van der Waals surface area contributed by atoms with E-state index in [-0.39, 0.29) is 18.1 Å². The number of hydrogen-bond donors (Lipinski definition) is 1. The predicted molar refractivity (Wildman–Crippen MR) is 71.4 cm³/mol. The Morgan fingerprint density at radius 1 is 1.33 bits per heavy atom. The second-order valence-electron chi connectivity index (χ2n) is 5.62. The first-order valence-corrected chi connectivity index (χ1v) is 6.99. The topological polar surface area (TPSA) is 47.6 Å². The standard InChI is InChI=1S/C14H27NO3/c1-6-17-13(16)14(12-7-8-12,15-10(2)3)9-18-11(4)5/h10-12,15H,6-9H2,1-5H3. The van der Waals surface area contributed by atoms with Crippen molar-refractivity contribution in [2.45, 2.75) is 65.1 Å². The lowest BCUT2D eigenvalue weighted by molar-refractivity contribution is -0.157. The quantitative estimate of drug-likeness (QED) is 0.677. The summed E-state index contributed by atoms with van der Waals surface area (Å²) in [5, 5.41) is 3.40. The van der Waals surface area contributed by atoms with Crippen molar-refractivity contribution < 1.29 is 14.3 Å². The normalized spacial score (nSPS) is 19.1. The molecule has 0 aliphatic heterocycles. The van der Waals surface area contributed by atoms with Crippen molar-refractivity contribution in [3.63, 3.8) is 0 Å². The highest BCUT2D eigenvalue weighted by atomic mass is 16.5. The number of carbonyl (C=O) groups excluding carboxylic acids is 1. The van der Waals surface area contributed by atoms with Crippen LogP contribution in [0.3, 0.4) is 0 Å². The molecule has 0 spiro atoms. The minimum atomic E-state index is -0.658. The molecule has 4 heteroatoms.